The van der Waals surface area contributed by atoms with Gasteiger partial charge in [-0.1, -0.05) is 0 Å². The molecule has 1 aromatic carbocycles. The molecule has 0 radical (unpaired) electrons. The van der Waals surface area contributed by atoms with Gasteiger partial charge in [-0.25, -0.2) is 4.79 Å². The number of nitrogens with zero attached hydrogens (tertiary/aromatic N) is 1. The first-order valence-corrected chi connectivity index (χ1v) is 9.19. The van der Waals surface area contributed by atoms with E-state index in [1.165, 1.54) is 7.11 Å². The Morgan fingerprint density at radius 3 is 2.96 bits per heavy atom. The van der Waals surface area contributed by atoms with Gasteiger partial charge in [-0.2, -0.15) is 0 Å². The molecule has 1 aliphatic heterocycles. The zero-order chi connectivity index (χ0) is 18.5. The molecular formula is C21H20N2O4. The Bertz CT molecular complexity index is 1030. The summed E-state index contributed by atoms with van der Waals surface area (Å²) < 4.78 is 10.3. The van der Waals surface area contributed by atoms with Gasteiger partial charge < -0.3 is 19.0 Å². The van der Waals surface area contributed by atoms with Crippen LogP contribution in [0.3, 0.4) is 0 Å². The number of fused-ring (bicyclic) bond motifs is 3. The van der Waals surface area contributed by atoms with E-state index >= 15 is 0 Å². The summed E-state index contributed by atoms with van der Waals surface area (Å²) in [6.45, 7) is 1.28. The van der Waals surface area contributed by atoms with E-state index in [1.807, 2.05) is 29.2 Å². The number of aromatic nitrogens is 1. The Morgan fingerprint density at radius 1 is 1.30 bits per heavy atom. The van der Waals surface area contributed by atoms with Crippen LogP contribution in [0.5, 0.6) is 0 Å². The summed E-state index contributed by atoms with van der Waals surface area (Å²) >= 11 is 0. The van der Waals surface area contributed by atoms with Gasteiger partial charge in [-0.05, 0) is 36.8 Å². The number of rotatable bonds is 3. The van der Waals surface area contributed by atoms with E-state index in [0.717, 1.165) is 40.8 Å². The number of furan rings is 1. The summed E-state index contributed by atoms with van der Waals surface area (Å²) in [5.41, 5.74) is 3.76. The maximum Gasteiger partial charge on any atom is 0.337 e. The number of hydrogen-bond acceptors (Lipinski definition) is 4. The smallest absolute Gasteiger partial charge is 0.337 e. The highest BCUT2D eigenvalue weighted by atomic mass is 16.5. The lowest BCUT2D eigenvalue weighted by molar-refractivity contribution is -0.133. The number of benzene rings is 1. The first-order chi connectivity index (χ1) is 13.2. The van der Waals surface area contributed by atoms with Crippen molar-refractivity contribution in [1.82, 2.24) is 9.88 Å². The third-order valence-corrected chi connectivity index (χ3v) is 5.72. The number of H-pyrrole nitrogens is 1. The zero-order valence-electron chi connectivity index (χ0n) is 15.0. The van der Waals surface area contributed by atoms with Crippen molar-refractivity contribution in [2.45, 2.75) is 25.3 Å². The second kappa shape index (κ2) is 6.01. The summed E-state index contributed by atoms with van der Waals surface area (Å²) in [5.74, 6) is 0.979. The van der Waals surface area contributed by atoms with Gasteiger partial charge in [0.05, 0.1) is 18.9 Å². The average Bonchev–Trinajstić information content (AvgIpc) is 3.14. The lowest BCUT2D eigenvalue weighted by atomic mass is 10.0. The van der Waals surface area contributed by atoms with Crippen LogP contribution < -0.4 is 0 Å². The molecule has 3 heterocycles. The Labute approximate surface area is 156 Å². The van der Waals surface area contributed by atoms with Crippen LogP contribution in [0.15, 0.2) is 41.0 Å². The molecule has 1 N–H and O–H groups in total. The van der Waals surface area contributed by atoms with E-state index in [4.69, 9.17) is 9.15 Å². The van der Waals surface area contributed by atoms with Crippen molar-refractivity contribution in [1.29, 1.82) is 0 Å². The number of carbonyl (C=O) groups is 2. The summed E-state index contributed by atoms with van der Waals surface area (Å²) in [5, 5.41) is 0.990. The lowest BCUT2D eigenvalue weighted by Gasteiger charge is -2.27. The Balaban J connectivity index is 1.40. The average molecular weight is 364 g/mol. The standard InChI is InChI=1S/C21H20N2O4/c1-26-21(25)12-4-5-17-13(9-12)16-11-23(7-6-18(16)22-17)20(24)15-10-14(15)19-3-2-8-27-19/h2-5,8-9,14-15,22H,6-7,10-11H2,1H3. The first kappa shape index (κ1) is 16.2. The van der Waals surface area contributed by atoms with Crippen molar-refractivity contribution >= 4 is 22.8 Å². The first-order valence-electron chi connectivity index (χ1n) is 9.19. The zero-order valence-corrected chi connectivity index (χ0v) is 15.0. The second-order valence-electron chi connectivity index (χ2n) is 7.31. The van der Waals surface area contributed by atoms with Gasteiger partial charge in [0.2, 0.25) is 5.91 Å². The number of esters is 1. The molecule has 1 saturated carbocycles. The fourth-order valence-electron chi connectivity index (χ4n) is 4.17. The van der Waals surface area contributed by atoms with Gasteiger partial charge in [0.25, 0.3) is 0 Å². The number of hydrogen-bond donors (Lipinski definition) is 1. The molecule has 2 unspecified atom stereocenters. The van der Waals surface area contributed by atoms with Crippen LogP contribution in [-0.4, -0.2) is 35.4 Å². The maximum atomic E-state index is 13.0. The molecule has 1 fully saturated rings. The van der Waals surface area contributed by atoms with Gasteiger partial charge in [-0.15, -0.1) is 0 Å². The molecule has 1 amide bonds. The molecule has 1 aliphatic carbocycles. The third kappa shape index (κ3) is 2.63. The number of ether oxygens (including phenoxy) is 1. The highest BCUT2D eigenvalue weighted by Crippen LogP contribution is 2.49. The molecule has 6 heteroatoms. The molecule has 2 aliphatic rings. The maximum absolute atomic E-state index is 13.0. The van der Waals surface area contributed by atoms with Crippen LogP contribution >= 0.6 is 0 Å². The minimum atomic E-state index is -0.352. The highest BCUT2D eigenvalue weighted by Gasteiger charge is 2.47. The van der Waals surface area contributed by atoms with E-state index < -0.39 is 0 Å². The van der Waals surface area contributed by atoms with Gasteiger partial charge in [0, 0.05) is 53.5 Å². The minimum Gasteiger partial charge on any atom is -0.469 e. The van der Waals surface area contributed by atoms with E-state index in [-0.39, 0.29) is 23.7 Å². The minimum absolute atomic E-state index is 0.0218. The molecule has 138 valence electrons. The third-order valence-electron chi connectivity index (χ3n) is 5.72. The number of amides is 1. The van der Waals surface area contributed by atoms with Crippen LogP contribution in [0.4, 0.5) is 0 Å². The summed E-state index contributed by atoms with van der Waals surface area (Å²) in [7, 11) is 1.38. The van der Waals surface area contributed by atoms with Crippen molar-refractivity contribution in [3.63, 3.8) is 0 Å². The van der Waals surface area contributed by atoms with E-state index in [0.29, 0.717) is 18.7 Å². The monoisotopic (exact) mass is 364 g/mol. The largest absolute Gasteiger partial charge is 0.469 e. The molecule has 3 aromatic rings. The molecule has 2 atom stereocenters. The van der Waals surface area contributed by atoms with E-state index in [2.05, 4.69) is 4.98 Å². The SMILES string of the molecule is COC(=O)c1ccc2[nH]c3c(c2c1)CN(C(=O)C1CC1c1ccco1)CC3. The van der Waals surface area contributed by atoms with Crippen LogP contribution in [0.1, 0.15) is 39.7 Å². The van der Waals surface area contributed by atoms with Gasteiger partial charge >= 0.3 is 5.97 Å². The predicted molar refractivity (Wildman–Crippen MR) is 98.3 cm³/mol. The molecule has 0 bridgehead atoms. The fourth-order valence-corrected chi connectivity index (χ4v) is 4.17. The molecule has 2 aromatic heterocycles. The predicted octanol–water partition coefficient (Wildman–Crippen LogP) is 3.24. The molecule has 27 heavy (non-hydrogen) atoms. The Morgan fingerprint density at radius 2 is 2.19 bits per heavy atom. The molecule has 5 rings (SSSR count). The topological polar surface area (TPSA) is 75.5 Å². The number of aromatic amines is 1. The summed E-state index contributed by atoms with van der Waals surface area (Å²) in [6.07, 6.45) is 3.31. The Hall–Kier alpha value is -3.02. The number of carbonyl (C=O) groups excluding carboxylic acids is 2. The van der Waals surface area contributed by atoms with Crippen molar-refractivity contribution in [3.8, 4) is 0 Å². The summed E-state index contributed by atoms with van der Waals surface area (Å²) in [6, 6.07) is 9.33. The van der Waals surface area contributed by atoms with Crippen LogP contribution in [-0.2, 0) is 22.5 Å². The molecule has 6 nitrogen and oxygen atoms in total. The van der Waals surface area contributed by atoms with Gasteiger partial charge in [0.15, 0.2) is 0 Å². The van der Waals surface area contributed by atoms with Crippen molar-refractivity contribution in [3.05, 3.63) is 59.2 Å². The molecule has 0 saturated heterocycles. The van der Waals surface area contributed by atoms with E-state index in [1.54, 1.807) is 12.3 Å². The Kier molecular flexibility index (Phi) is 3.60. The van der Waals surface area contributed by atoms with E-state index in [9.17, 15) is 9.59 Å². The molecule has 0 spiro atoms. The quantitative estimate of drug-likeness (QED) is 0.724. The number of methoxy groups -OCH3 is 1. The van der Waals surface area contributed by atoms with Crippen LogP contribution in [0.25, 0.3) is 10.9 Å². The molecular weight excluding hydrogens is 344 g/mol. The van der Waals surface area contributed by atoms with Gasteiger partial charge in [0.1, 0.15) is 5.76 Å². The highest BCUT2D eigenvalue weighted by molar-refractivity contribution is 5.96. The summed E-state index contributed by atoms with van der Waals surface area (Å²) in [4.78, 5) is 30.2. The van der Waals surface area contributed by atoms with Gasteiger partial charge in [-0.3, -0.25) is 4.79 Å². The van der Waals surface area contributed by atoms with Crippen molar-refractivity contribution in [2.75, 3.05) is 13.7 Å². The van der Waals surface area contributed by atoms with Crippen molar-refractivity contribution in [2.24, 2.45) is 5.92 Å². The number of nitrogens with one attached hydrogen (secondary N) is 1. The van der Waals surface area contributed by atoms with Crippen LogP contribution in [0, 0.1) is 5.92 Å². The fraction of sp³-hybridized carbons (Fsp3) is 0.333. The van der Waals surface area contributed by atoms with Crippen molar-refractivity contribution < 1.29 is 18.7 Å². The lowest BCUT2D eigenvalue weighted by Crippen LogP contribution is -2.37. The normalized spacial score (nSPS) is 21.1. The van der Waals surface area contributed by atoms with Crippen LogP contribution in [0.2, 0.25) is 0 Å². The second-order valence-corrected chi connectivity index (χ2v) is 7.31.